The van der Waals surface area contributed by atoms with E-state index < -0.39 is 0 Å². The molecular formula is C19H24N2O. The van der Waals surface area contributed by atoms with Crippen LogP contribution in [0.15, 0.2) is 54.6 Å². The van der Waals surface area contributed by atoms with Gasteiger partial charge >= 0.3 is 0 Å². The number of rotatable bonds is 7. The monoisotopic (exact) mass is 296 g/mol. The number of benzene rings is 2. The predicted molar refractivity (Wildman–Crippen MR) is 90.6 cm³/mol. The van der Waals surface area contributed by atoms with E-state index in [1.54, 1.807) is 0 Å². The Balaban J connectivity index is 2.01. The van der Waals surface area contributed by atoms with E-state index in [4.69, 9.17) is 5.73 Å². The van der Waals surface area contributed by atoms with Crippen LogP contribution in [0.4, 0.5) is 0 Å². The minimum Gasteiger partial charge on any atom is -0.349 e. The van der Waals surface area contributed by atoms with Crippen LogP contribution in [0.1, 0.15) is 41.3 Å². The van der Waals surface area contributed by atoms with Gasteiger partial charge in [-0.3, -0.25) is 4.79 Å². The highest BCUT2D eigenvalue weighted by molar-refractivity contribution is 5.94. The number of amides is 1. The summed E-state index contributed by atoms with van der Waals surface area (Å²) in [5.74, 6) is -0.0158. The minimum absolute atomic E-state index is 0.0158. The van der Waals surface area contributed by atoms with E-state index in [1.807, 2.05) is 42.5 Å². The molecule has 1 amide bonds. The lowest BCUT2D eigenvalue weighted by atomic mass is 10.0. The number of hydrogen-bond donors (Lipinski definition) is 2. The Morgan fingerprint density at radius 1 is 1.05 bits per heavy atom. The Morgan fingerprint density at radius 2 is 1.73 bits per heavy atom. The Hall–Kier alpha value is -2.13. The molecule has 2 aromatic rings. The zero-order valence-corrected chi connectivity index (χ0v) is 13.1. The van der Waals surface area contributed by atoms with Crippen molar-refractivity contribution in [3.05, 3.63) is 71.3 Å². The molecule has 116 valence electrons. The van der Waals surface area contributed by atoms with Crippen LogP contribution in [0, 0.1) is 0 Å². The lowest BCUT2D eigenvalue weighted by Gasteiger charge is -2.18. The summed E-state index contributed by atoms with van der Waals surface area (Å²) in [5, 5.41) is 3.15. The van der Waals surface area contributed by atoms with Gasteiger partial charge in [-0.25, -0.2) is 0 Å². The van der Waals surface area contributed by atoms with Gasteiger partial charge in [-0.05, 0) is 36.1 Å². The molecule has 0 aliphatic rings. The summed E-state index contributed by atoms with van der Waals surface area (Å²) in [5.41, 5.74) is 8.55. The summed E-state index contributed by atoms with van der Waals surface area (Å²) in [6.07, 6.45) is 2.88. The first kappa shape index (κ1) is 16.2. The fourth-order valence-electron chi connectivity index (χ4n) is 2.53. The van der Waals surface area contributed by atoms with Crippen molar-refractivity contribution in [3.63, 3.8) is 0 Å². The molecule has 0 spiro atoms. The molecule has 0 bridgehead atoms. The van der Waals surface area contributed by atoms with E-state index in [2.05, 4.69) is 24.4 Å². The maximum Gasteiger partial charge on any atom is 0.251 e. The largest absolute Gasteiger partial charge is 0.349 e. The standard InChI is InChI=1S/C19H24N2O/c1-2-6-18(13-15-7-4-3-5-8-15)21-19(22)17-11-9-16(14-20)10-12-17/h3-5,7-12,18H,2,6,13-14,20H2,1H3,(H,21,22). The summed E-state index contributed by atoms with van der Waals surface area (Å²) in [6, 6.07) is 17.9. The zero-order valence-electron chi connectivity index (χ0n) is 13.1. The summed E-state index contributed by atoms with van der Waals surface area (Å²) in [7, 11) is 0. The molecule has 1 atom stereocenters. The van der Waals surface area contributed by atoms with E-state index in [9.17, 15) is 4.79 Å². The fourth-order valence-corrected chi connectivity index (χ4v) is 2.53. The lowest BCUT2D eigenvalue weighted by molar-refractivity contribution is 0.0934. The molecule has 0 heterocycles. The normalized spacial score (nSPS) is 11.9. The molecule has 22 heavy (non-hydrogen) atoms. The van der Waals surface area contributed by atoms with Crippen molar-refractivity contribution in [1.82, 2.24) is 5.32 Å². The van der Waals surface area contributed by atoms with E-state index in [1.165, 1.54) is 5.56 Å². The van der Waals surface area contributed by atoms with Crippen LogP contribution in [0.2, 0.25) is 0 Å². The van der Waals surface area contributed by atoms with Gasteiger partial charge in [-0.2, -0.15) is 0 Å². The van der Waals surface area contributed by atoms with Crippen LogP contribution < -0.4 is 11.1 Å². The predicted octanol–water partition coefficient (Wildman–Crippen LogP) is 3.29. The lowest BCUT2D eigenvalue weighted by Crippen LogP contribution is -2.36. The first-order valence-corrected chi connectivity index (χ1v) is 7.86. The Labute approximate surface area is 132 Å². The smallest absolute Gasteiger partial charge is 0.251 e. The summed E-state index contributed by atoms with van der Waals surface area (Å²) < 4.78 is 0. The number of carbonyl (C=O) groups is 1. The molecule has 2 rings (SSSR count). The second-order valence-electron chi connectivity index (χ2n) is 5.55. The Morgan fingerprint density at radius 3 is 2.32 bits per heavy atom. The molecule has 0 saturated carbocycles. The molecule has 0 aliphatic carbocycles. The number of hydrogen-bond acceptors (Lipinski definition) is 2. The van der Waals surface area contributed by atoms with E-state index in [-0.39, 0.29) is 11.9 Å². The molecule has 0 aromatic heterocycles. The average Bonchev–Trinajstić information content (AvgIpc) is 2.56. The molecule has 2 aromatic carbocycles. The van der Waals surface area contributed by atoms with Crippen molar-refractivity contribution in [2.24, 2.45) is 5.73 Å². The molecule has 3 nitrogen and oxygen atoms in total. The van der Waals surface area contributed by atoms with Gasteiger partial charge in [-0.1, -0.05) is 55.8 Å². The van der Waals surface area contributed by atoms with Gasteiger partial charge in [0.15, 0.2) is 0 Å². The van der Waals surface area contributed by atoms with Crippen molar-refractivity contribution in [2.75, 3.05) is 0 Å². The molecule has 0 fully saturated rings. The van der Waals surface area contributed by atoms with Crippen molar-refractivity contribution in [2.45, 2.75) is 38.8 Å². The number of nitrogens with one attached hydrogen (secondary N) is 1. The van der Waals surface area contributed by atoms with Crippen molar-refractivity contribution in [1.29, 1.82) is 0 Å². The third-order valence-corrected chi connectivity index (χ3v) is 3.75. The number of nitrogens with two attached hydrogens (primary N) is 1. The quantitative estimate of drug-likeness (QED) is 0.824. The van der Waals surface area contributed by atoms with Crippen LogP contribution in [-0.2, 0) is 13.0 Å². The maximum absolute atomic E-state index is 12.4. The van der Waals surface area contributed by atoms with Crippen LogP contribution in [0.3, 0.4) is 0 Å². The van der Waals surface area contributed by atoms with Gasteiger partial charge in [0.2, 0.25) is 0 Å². The summed E-state index contributed by atoms with van der Waals surface area (Å²) >= 11 is 0. The summed E-state index contributed by atoms with van der Waals surface area (Å²) in [6.45, 7) is 2.63. The molecule has 3 N–H and O–H groups in total. The van der Waals surface area contributed by atoms with Crippen molar-refractivity contribution in [3.8, 4) is 0 Å². The zero-order chi connectivity index (χ0) is 15.8. The average molecular weight is 296 g/mol. The Bertz CT molecular complexity index is 578. The van der Waals surface area contributed by atoms with Gasteiger partial charge in [0.1, 0.15) is 0 Å². The molecule has 1 unspecified atom stereocenters. The third-order valence-electron chi connectivity index (χ3n) is 3.75. The topological polar surface area (TPSA) is 55.1 Å². The van der Waals surface area contributed by atoms with E-state index in [0.29, 0.717) is 12.1 Å². The SMILES string of the molecule is CCCC(Cc1ccccc1)NC(=O)c1ccc(CN)cc1. The highest BCUT2D eigenvalue weighted by Crippen LogP contribution is 2.10. The van der Waals surface area contributed by atoms with E-state index >= 15 is 0 Å². The van der Waals surface area contributed by atoms with Crippen LogP contribution in [0.5, 0.6) is 0 Å². The van der Waals surface area contributed by atoms with Crippen molar-refractivity contribution >= 4 is 5.91 Å². The van der Waals surface area contributed by atoms with Crippen LogP contribution >= 0.6 is 0 Å². The first-order chi connectivity index (χ1) is 10.7. The second-order valence-corrected chi connectivity index (χ2v) is 5.55. The summed E-state index contributed by atoms with van der Waals surface area (Å²) in [4.78, 5) is 12.4. The molecule has 3 heteroatoms. The van der Waals surface area contributed by atoms with Gasteiger partial charge in [0, 0.05) is 18.2 Å². The van der Waals surface area contributed by atoms with Gasteiger partial charge in [-0.15, -0.1) is 0 Å². The highest BCUT2D eigenvalue weighted by Gasteiger charge is 2.13. The van der Waals surface area contributed by atoms with Gasteiger partial charge in [0.05, 0.1) is 0 Å². The van der Waals surface area contributed by atoms with Crippen molar-refractivity contribution < 1.29 is 4.79 Å². The van der Waals surface area contributed by atoms with Crippen LogP contribution in [0.25, 0.3) is 0 Å². The van der Waals surface area contributed by atoms with Gasteiger partial charge in [0.25, 0.3) is 5.91 Å². The fraction of sp³-hybridized carbons (Fsp3) is 0.316. The first-order valence-electron chi connectivity index (χ1n) is 7.86. The van der Waals surface area contributed by atoms with Gasteiger partial charge < -0.3 is 11.1 Å². The minimum atomic E-state index is -0.0158. The molecule has 0 saturated heterocycles. The molecular weight excluding hydrogens is 272 g/mol. The molecule has 0 aliphatic heterocycles. The van der Waals surface area contributed by atoms with Crippen LogP contribution in [-0.4, -0.2) is 11.9 Å². The number of carbonyl (C=O) groups excluding carboxylic acids is 1. The van der Waals surface area contributed by atoms with E-state index in [0.717, 1.165) is 24.8 Å². The highest BCUT2D eigenvalue weighted by atomic mass is 16.1. The second kappa shape index (κ2) is 8.35. The Kier molecular flexibility index (Phi) is 6.16. The molecule has 0 radical (unpaired) electrons. The maximum atomic E-state index is 12.4. The third kappa shape index (κ3) is 4.71.